The van der Waals surface area contributed by atoms with E-state index in [0.717, 1.165) is 19.6 Å². The van der Waals surface area contributed by atoms with Crippen LogP contribution in [0.2, 0.25) is 0 Å². The van der Waals surface area contributed by atoms with Gasteiger partial charge in [-0.1, -0.05) is 0 Å². The third-order valence-electron chi connectivity index (χ3n) is 3.68. The SMILES string of the molecule is Cn1cc(CN2CCCC(Cn3cncn3)C2)cn1. The fourth-order valence-electron chi connectivity index (χ4n) is 2.85. The van der Waals surface area contributed by atoms with Gasteiger partial charge in [0.1, 0.15) is 12.7 Å². The highest BCUT2D eigenvalue weighted by Crippen LogP contribution is 2.19. The number of likely N-dealkylation sites (tertiary alicyclic amines) is 1. The van der Waals surface area contributed by atoms with Crippen LogP contribution in [0.4, 0.5) is 0 Å². The van der Waals surface area contributed by atoms with E-state index in [-0.39, 0.29) is 0 Å². The van der Waals surface area contributed by atoms with Crippen LogP contribution in [0.25, 0.3) is 0 Å². The van der Waals surface area contributed by atoms with E-state index < -0.39 is 0 Å². The van der Waals surface area contributed by atoms with Crippen LogP contribution >= 0.6 is 0 Å². The molecule has 1 saturated heterocycles. The van der Waals surface area contributed by atoms with Gasteiger partial charge in [-0.05, 0) is 25.3 Å². The van der Waals surface area contributed by atoms with Crippen LogP contribution in [0, 0.1) is 5.92 Å². The van der Waals surface area contributed by atoms with E-state index in [9.17, 15) is 0 Å². The van der Waals surface area contributed by atoms with E-state index in [1.54, 1.807) is 12.7 Å². The zero-order valence-corrected chi connectivity index (χ0v) is 11.3. The molecule has 1 atom stereocenters. The molecule has 0 aromatic carbocycles. The molecule has 1 aliphatic rings. The highest BCUT2D eigenvalue weighted by molar-refractivity contribution is 5.03. The molecule has 0 spiro atoms. The largest absolute Gasteiger partial charge is 0.299 e. The van der Waals surface area contributed by atoms with Crippen LogP contribution in [-0.2, 0) is 20.1 Å². The fourth-order valence-corrected chi connectivity index (χ4v) is 2.85. The van der Waals surface area contributed by atoms with Crippen LogP contribution in [0.1, 0.15) is 18.4 Å². The van der Waals surface area contributed by atoms with Gasteiger partial charge in [0, 0.05) is 38.4 Å². The average molecular weight is 260 g/mol. The van der Waals surface area contributed by atoms with Crippen molar-refractivity contribution in [3.63, 3.8) is 0 Å². The Morgan fingerprint density at radius 1 is 1.37 bits per heavy atom. The molecule has 3 heterocycles. The fraction of sp³-hybridized carbons (Fsp3) is 0.615. The summed E-state index contributed by atoms with van der Waals surface area (Å²) in [6, 6.07) is 0. The van der Waals surface area contributed by atoms with Gasteiger partial charge >= 0.3 is 0 Å². The molecule has 0 aliphatic carbocycles. The zero-order valence-electron chi connectivity index (χ0n) is 11.3. The number of aromatic nitrogens is 5. The Morgan fingerprint density at radius 3 is 3.05 bits per heavy atom. The Bertz CT molecular complexity index is 503. The van der Waals surface area contributed by atoms with E-state index in [0.29, 0.717) is 5.92 Å². The molecule has 0 saturated carbocycles. The van der Waals surface area contributed by atoms with Gasteiger partial charge < -0.3 is 0 Å². The lowest BCUT2D eigenvalue weighted by molar-refractivity contribution is 0.153. The standard InChI is InChI=1S/C13H20N6/c1-17-6-13(5-15-17)8-18-4-2-3-12(7-18)9-19-11-14-10-16-19/h5-6,10-12H,2-4,7-9H2,1H3. The highest BCUT2D eigenvalue weighted by atomic mass is 15.3. The van der Waals surface area contributed by atoms with Crippen LogP contribution in [0.5, 0.6) is 0 Å². The van der Waals surface area contributed by atoms with Crippen LogP contribution in [0.15, 0.2) is 25.0 Å². The summed E-state index contributed by atoms with van der Waals surface area (Å²) in [6.07, 6.45) is 10.0. The summed E-state index contributed by atoms with van der Waals surface area (Å²) in [7, 11) is 1.97. The smallest absolute Gasteiger partial charge is 0.137 e. The van der Waals surface area contributed by atoms with Crippen LogP contribution in [-0.4, -0.2) is 42.5 Å². The van der Waals surface area contributed by atoms with E-state index in [2.05, 4.69) is 26.3 Å². The molecule has 102 valence electrons. The first-order valence-corrected chi connectivity index (χ1v) is 6.82. The summed E-state index contributed by atoms with van der Waals surface area (Å²) in [5, 5.41) is 8.43. The Labute approximate surface area is 113 Å². The molecule has 0 bridgehead atoms. The van der Waals surface area contributed by atoms with E-state index in [1.165, 1.54) is 24.9 Å². The number of piperidine rings is 1. The lowest BCUT2D eigenvalue weighted by atomic mass is 9.98. The third kappa shape index (κ3) is 3.20. The molecule has 2 aromatic rings. The Balaban J connectivity index is 1.55. The summed E-state index contributed by atoms with van der Waals surface area (Å²) in [5.74, 6) is 0.673. The summed E-state index contributed by atoms with van der Waals surface area (Å²) in [6.45, 7) is 4.29. The number of hydrogen-bond acceptors (Lipinski definition) is 4. The topological polar surface area (TPSA) is 51.8 Å². The maximum atomic E-state index is 4.23. The molecular weight excluding hydrogens is 240 g/mol. The van der Waals surface area contributed by atoms with Gasteiger partial charge in [0.2, 0.25) is 0 Å². The Kier molecular flexibility index (Phi) is 3.59. The van der Waals surface area contributed by atoms with Crippen LogP contribution in [0.3, 0.4) is 0 Å². The van der Waals surface area contributed by atoms with Crippen molar-refractivity contribution in [3.05, 3.63) is 30.6 Å². The van der Waals surface area contributed by atoms with Crippen molar-refractivity contribution in [3.8, 4) is 0 Å². The number of hydrogen-bond donors (Lipinski definition) is 0. The molecule has 1 fully saturated rings. The van der Waals surface area contributed by atoms with E-state index >= 15 is 0 Å². The van der Waals surface area contributed by atoms with Crippen molar-refractivity contribution in [2.24, 2.45) is 13.0 Å². The minimum absolute atomic E-state index is 0.673. The molecule has 2 aromatic heterocycles. The van der Waals surface area contributed by atoms with Crippen molar-refractivity contribution in [2.75, 3.05) is 13.1 Å². The van der Waals surface area contributed by atoms with Crippen molar-refractivity contribution in [1.82, 2.24) is 29.4 Å². The molecule has 3 rings (SSSR count). The molecule has 6 heteroatoms. The molecule has 0 radical (unpaired) electrons. The van der Waals surface area contributed by atoms with Gasteiger partial charge in [0.05, 0.1) is 6.20 Å². The summed E-state index contributed by atoms with van der Waals surface area (Å²) < 4.78 is 3.81. The second-order valence-electron chi connectivity index (χ2n) is 5.38. The Morgan fingerprint density at radius 2 is 2.32 bits per heavy atom. The Hall–Kier alpha value is -1.69. The second kappa shape index (κ2) is 5.52. The van der Waals surface area contributed by atoms with E-state index in [1.807, 2.05) is 22.6 Å². The molecule has 1 aliphatic heterocycles. The van der Waals surface area contributed by atoms with Crippen molar-refractivity contribution < 1.29 is 0 Å². The van der Waals surface area contributed by atoms with Crippen molar-refractivity contribution >= 4 is 0 Å². The van der Waals surface area contributed by atoms with Gasteiger partial charge in [-0.15, -0.1) is 0 Å². The second-order valence-corrected chi connectivity index (χ2v) is 5.38. The van der Waals surface area contributed by atoms with Gasteiger partial charge in [0.15, 0.2) is 0 Å². The predicted molar refractivity (Wildman–Crippen MR) is 71.2 cm³/mol. The quantitative estimate of drug-likeness (QED) is 0.820. The summed E-state index contributed by atoms with van der Waals surface area (Å²) >= 11 is 0. The summed E-state index contributed by atoms with van der Waals surface area (Å²) in [4.78, 5) is 6.52. The molecule has 1 unspecified atom stereocenters. The first-order valence-electron chi connectivity index (χ1n) is 6.82. The van der Waals surface area contributed by atoms with E-state index in [4.69, 9.17) is 0 Å². The zero-order chi connectivity index (χ0) is 13.1. The predicted octanol–water partition coefficient (Wildman–Crippen LogP) is 0.924. The first kappa shape index (κ1) is 12.3. The van der Waals surface area contributed by atoms with Crippen molar-refractivity contribution in [1.29, 1.82) is 0 Å². The van der Waals surface area contributed by atoms with Gasteiger partial charge in [-0.3, -0.25) is 14.3 Å². The van der Waals surface area contributed by atoms with Gasteiger partial charge in [-0.25, -0.2) is 4.98 Å². The van der Waals surface area contributed by atoms with Crippen LogP contribution < -0.4 is 0 Å². The van der Waals surface area contributed by atoms with Crippen molar-refractivity contribution in [2.45, 2.75) is 25.9 Å². The number of aryl methyl sites for hydroxylation is 1. The molecule has 19 heavy (non-hydrogen) atoms. The third-order valence-corrected chi connectivity index (χ3v) is 3.68. The molecule has 6 nitrogen and oxygen atoms in total. The maximum absolute atomic E-state index is 4.23. The van der Waals surface area contributed by atoms with Gasteiger partial charge in [0.25, 0.3) is 0 Å². The highest BCUT2D eigenvalue weighted by Gasteiger charge is 2.20. The number of rotatable bonds is 4. The number of nitrogens with zero attached hydrogens (tertiary/aromatic N) is 6. The lowest BCUT2D eigenvalue weighted by Crippen LogP contribution is -2.36. The first-order chi connectivity index (χ1) is 9.29. The maximum Gasteiger partial charge on any atom is 0.137 e. The minimum Gasteiger partial charge on any atom is -0.299 e. The summed E-state index contributed by atoms with van der Waals surface area (Å²) in [5.41, 5.74) is 1.30. The van der Waals surface area contributed by atoms with Gasteiger partial charge in [-0.2, -0.15) is 10.2 Å². The molecule has 0 N–H and O–H groups in total. The molecular formula is C13H20N6. The monoisotopic (exact) mass is 260 g/mol. The minimum atomic E-state index is 0.673. The normalized spacial score (nSPS) is 20.8. The average Bonchev–Trinajstić information content (AvgIpc) is 3.02. The molecule has 0 amide bonds. The lowest BCUT2D eigenvalue weighted by Gasteiger charge is -2.32.